The van der Waals surface area contributed by atoms with Crippen LogP contribution in [-0.2, 0) is 9.59 Å². The van der Waals surface area contributed by atoms with Gasteiger partial charge in [0.15, 0.2) is 11.6 Å². The van der Waals surface area contributed by atoms with Crippen molar-refractivity contribution in [3.05, 3.63) is 11.6 Å². The van der Waals surface area contributed by atoms with E-state index in [0.29, 0.717) is 19.3 Å². The van der Waals surface area contributed by atoms with Crippen molar-refractivity contribution >= 4 is 11.6 Å². The predicted molar refractivity (Wildman–Crippen MR) is 95.1 cm³/mol. The van der Waals surface area contributed by atoms with Gasteiger partial charge in [-0.05, 0) is 67.8 Å². The van der Waals surface area contributed by atoms with Gasteiger partial charge in [-0.1, -0.05) is 19.4 Å². The van der Waals surface area contributed by atoms with Gasteiger partial charge in [0, 0.05) is 11.8 Å². The summed E-state index contributed by atoms with van der Waals surface area (Å²) in [5.41, 5.74) is -1.23. The third kappa shape index (κ3) is 2.14. The van der Waals surface area contributed by atoms with Gasteiger partial charge in [0.05, 0.1) is 6.10 Å². The average Bonchev–Trinajstić information content (AvgIpc) is 2.86. The molecule has 4 aliphatic carbocycles. The van der Waals surface area contributed by atoms with Gasteiger partial charge in [-0.2, -0.15) is 0 Å². The van der Waals surface area contributed by atoms with Gasteiger partial charge in [0.1, 0.15) is 12.2 Å². The van der Waals surface area contributed by atoms with Crippen LogP contribution in [0, 0.1) is 28.6 Å². The van der Waals surface area contributed by atoms with Crippen molar-refractivity contribution in [2.45, 2.75) is 70.5 Å². The monoisotopic (exact) mass is 362 g/mol. The van der Waals surface area contributed by atoms with Crippen LogP contribution in [-0.4, -0.2) is 45.2 Å². The highest BCUT2D eigenvalue weighted by molar-refractivity contribution is 5.91. The first-order valence-corrected chi connectivity index (χ1v) is 9.96. The maximum Gasteiger partial charge on any atom is 0.190 e. The van der Waals surface area contributed by atoms with Crippen molar-refractivity contribution in [2.75, 3.05) is 6.61 Å². The molecule has 3 saturated carbocycles. The molecule has 144 valence electrons. The first kappa shape index (κ1) is 18.3. The number of carbonyl (C=O) groups excluding carboxylic acids is 2. The molecule has 0 amide bonds. The van der Waals surface area contributed by atoms with Gasteiger partial charge in [0.2, 0.25) is 0 Å². The quantitative estimate of drug-likeness (QED) is 0.696. The van der Waals surface area contributed by atoms with Gasteiger partial charge in [0.25, 0.3) is 0 Å². The van der Waals surface area contributed by atoms with E-state index in [4.69, 9.17) is 0 Å². The number of hydrogen-bond acceptors (Lipinski definition) is 5. The Labute approximate surface area is 154 Å². The summed E-state index contributed by atoms with van der Waals surface area (Å²) in [4.78, 5) is 24.3. The molecular formula is C21H30O5. The molecule has 4 aliphatic rings. The molecule has 0 unspecified atom stereocenters. The minimum Gasteiger partial charge on any atom is -0.393 e. The van der Waals surface area contributed by atoms with Crippen LogP contribution in [0.1, 0.15) is 58.8 Å². The van der Waals surface area contributed by atoms with Crippen LogP contribution in [0.3, 0.4) is 0 Å². The van der Waals surface area contributed by atoms with Crippen LogP contribution < -0.4 is 0 Å². The zero-order valence-corrected chi connectivity index (χ0v) is 15.7. The Hall–Kier alpha value is -1.04. The fraction of sp³-hybridized carbons (Fsp3) is 0.810. The molecule has 5 heteroatoms. The Balaban J connectivity index is 1.74. The van der Waals surface area contributed by atoms with Gasteiger partial charge >= 0.3 is 0 Å². The van der Waals surface area contributed by atoms with Crippen molar-refractivity contribution < 1.29 is 24.9 Å². The first-order valence-electron chi connectivity index (χ1n) is 9.96. The summed E-state index contributed by atoms with van der Waals surface area (Å²) in [5.74, 6) is 0.140. The highest BCUT2D eigenvalue weighted by Crippen LogP contribution is 2.67. The molecule has 26 heavy (non-hydrogen) atoms. The number of hydrogen-bond donors (Lipinski definition) is 3. The van der Waals surface area contributed by atoms with Crippen LogP contribution in [0.4, 0.5) is 0 Å². The van der Waals surface area contributed by atoms with Crippen molar-refractivity contribution in [1.82, 2.24) is 0 Å². The third-order valence-electron chi connectivity index (χ3n) is 8.65. The number of fused-ring (bicyclic) bond motifs is 5. The lowest BCUT2D eigenvalue weighted by Gasteiger charge is -2.60. The van der Waals surface area contributed by atoms with E-state index < -0.39 is 29.5 Å². The number of aliphatic hydroxyl groups excluding tert-OH is 2. The lowest BCUT2D eigenvalue weighted by molar-refractivity contribution is -0.182. The third-order valence-corrected chi connectivity index (χ3v) is 8.65. The Morgan fingerprint density at radius 1 is 1.23 bits per heavy atom. The lowest BCUT2D eigenvalue weighted by Crippen LogP contribution is -2.62. The second kappa shape index (κ2) is 5.73. The van der Waals surface area contributed by atoms with E-state index in [2.05, 4.69) is 6.92 Å². The van der Waals surface area contributed by atoms with Crippen molar-refractivity contribution in [1.29, 1.82) is 0 Å². The second-order valence-corrected chi connectivity index (χ2v) is 9.56. The summed E-state index contributed by atoms with van der Waals surface area (Å²) >= 11 is 0. The topological polar surface area (TPSA) is 94.8 Å². The van der Waals surface area contributed by atoms with Crippen LogP contribution in [0.15, 0.2) is 11.6 Å². The molecule has 4 rings (SSSR count). The van der Waals surface area contributed by atoms with E-state index in [9.17, 15) is 24.9 Å². The molecule has 3 fully saturated rings. The van der Waals surface area contributed by atoms with Crippen LogP contribution in [0.25, 0.3) is 0 Å². The van der Waals surface area contributed by atoms with E-state index in [1.807, 2.05) is 6.92 Å². The number of allylic oxidation sites excluding steroid dienone is 1. The summed E-state index contributed by atoms with van der Waals surface area (Å²) in [7, 11) is 0. The normalized spacial score (nSPS) is 50.5. The maximum absolute atomic E-state index is 12.4. The van der Waals surface area contributed by atoms with Crippen LogP contribution >= 0.6 is 0 Å². The minimum absolute atomic E-state index is 0.0697. The first-order chi connectivity index (χ1) is 12.2. The Morgan fingerprint density at radius 2 is 1.96 bits per heavy atom. The van der Waals surface area contributed by atoms with Crippen LogP contribution in [0.2, 0.25) is 0 Å². The van der Waals surface area contributed by atoms with Crippen molar-refractivity contribution in [2.24, 2.45) is 28.6 Å². The maximum atomic E-state index is 12.4. The average molecular weight is 362 g/mol. The van der Waals surface area contributed by atoms with Gasteiger partial charge in [-0.3, -0.25) is 9.59 Å². The van der Waals surface area contributed by atoms with E-state index in [1.54, 1.807) is 6.08 Å². The Morgan fingerprint density at radius 3 is 2.65 bits per heavy atom. The molecule has 0 spiro atoms. The Bertz CT molecular complexity index is 684. The summed E-state index contributed by atoms with van der Waals surface area (Å²) in [6.45, 7) is 3.46. The molecule has 0 heterocycles. The number of rotatable bonds is 2. The molecule has 7 atom stereocenters. The van der Waals surface area contributed by atoms with E-state index >= 15 is 0 Å². The summed E-state index contributed by atoms with van der Waals surface area (Å²) in [5, 5.41) is 31.7. The molecule has 0 bridgehead atoms. The molecule has 3 N–H and O–H groups in total. The molecule has 0 aromatic rings. The van der Waals surface area contributed by atoms with Crippen LogP contribution in [0.5, 0.6) is 0 Å². The molecule has 0 saturated heterocycles. The zero-order chi connectivity index (χ0) is 18.9. The highest BCUT2D eigenvalue weighted by Gasteiger charge is 2.68. The second-order valence-electron chi connectivity index (χ2n) is 9.56. The number of ketones is 2. The van der Waals surface area contributed by atoms with E-state index in [1.165, 1.54) is 5.57 Å². The number of carbonyl (C=O) groups is 2. The largest absolute Gasteiger partial charge is 0.393 e. The standard InChI is InChI=1S/C21H30O5/c1-19-7-5-13(23)9-12(19)3-4-14-15-6-8-21(26,17(25)11-22)20(15,2)10-16(24)18(14)19/h9,14-16,18,22,24,26H,3-8,10-11H2,1-2H3/t14-,15+,16-,18+,19+,20-,21+/m1/s1. The summed E-state index contributed by atoms with van der Waals surface area (Å²) in [6, 6.07) is 0. The fourth-order valence-electron chi connectivity index (χ4n) is 7.28. The molecular weight excluding hydrogens is 332 g/mol. The molecule has 0 aromatic heterocycles. The lowest BCUT2D eigenvalue weighted by atomic mass is 9.45. The fourth-order valence-corrected chi connectivity index (χ4v) is 7.28. The number of aliphatic hydroxyl groups is 3. The minimum atomic E-state index is -1.54. The summed E-state index contributed by atoms with van der Waals surface area (Å²) in [6.07, 6.45) is 5.74. The van der Waals surface area contributed by atoms with E-state index in [-0.39, 0.29) is 29.0 Å². The molecule has 0 aromatic carbocycles. The molecule has 0 radical (unpaired) electrons. The highest BCUT2D eigenvalue weighted by atomic mass is 16.3. The zero-order valence-electron chi connectivity index (χ0n) is 15.7. The molecule has 5 nitrogen and oxygen atoms in total. The van der Waals surface area contributed by atoms with Gasteiger partial charge < -0.3 is 15.3 Å². The summed E-state index contributed by atoms with van der Waals surface area (Å²) < 4.78 is 0. The van der Waals surface area contributed by atoms with Gasteiger partial charge in [-0.15, -0.1) is 0 Å². The molecule has 0 aliphatic heterocycles. The smallest absolute Gasteiger partial charge is 0.190 e. The van der Waals surface area contributed by atoms with Gasteiger partial charge in [-0.25, -0.2) is 0 Å². The Kier molecular flexibility index (Phi) is 4.04. The predicted octanol–water partition coefficient (Wildman–Crippen LogP) is 1.78. The van der Waals surface area contributed by atoms with E-state index in [0.717, 1.165) is 25.7 Å². The SMILES string of the molecule is C[C@]12CCC(=O)C=C1CC[C@H]1[C@H]2[C@H](O)C[C@]2(C)[C@H]1CC[C@]2(O)C(=O)CO. The van der Waals surface area contributed by atoms with Crippen molar-refractivity contribution in [3.63, 3.8) is 0 Å². The van der Waals surface area contributed by atoms with Crippen molar-refractivity contribution in [3.8, 4) is 0 Å². The number of Topliss-reactive ketones (excluding diaryl/α,β-unsaturated/α-hetero) is 1.